The number of aromatic amines is 1. The van der Waals surface area contributed by atoms with Gasteiger partial charge in [0, 0.05) is 30.0 Å². The molecule has 4 rings (SSSR count). The number of nitriles is 1. The average Bonchev–Trinajstić information content (AvgIpc) is 3.37. The summed E-state index contributed by atoms with van der Waals surface area (Å²) in [5.41, 5.74) is 2.41. The Kier molecular flexibility index (Phi) is 4.91. The molecule has 0 spiro atoms. The van der Waals surface area contributed by atoms with Gasteiger partial charge in [-0.25, -0.2) is 4.99 Å². The maximum absolute atomic E-state index is 10.5. The lowest BCUT2D eigenvalue weighted by molar-refractivity contribution is 0.416. The minimum absolute atomic E-state index is 0.00913. The lowest BCUT2D eigenvalue weighted by Crippen LogP contribution is -2.24. The van der Waals surface area contributed by atoms with Gasteiger partial charge in [0.05, 0.1) is 47.4 Å². The van der Waals surface area contributed by atoms with E-state index in [9.17, 15) is 10.4 Å². The zero-order chi connectivity index (χ0) is 22.2. The van der Waals surface area contributed by atoms with Gasteiger partial charge >= 0.3 is 0 Å². The summed E-state index contributed by atoms with van der Waals surface area (Å²) in [6.45, 7) is 5.34. The predicted molar refractivity (Wildman–Crippen MR) is 117 cm³/mol. The van der Waals surface area contributed by atoms with E-state index in [0.717, 1.165) is 10.9 Å². The zero-order valence-corrected chi connectivity index (χ0v) is 17.6. The Labute approximate surface area is 178 Å². The molecule has 0 radical (unpaired) electrons. The molecular formula is C22H21N7O2. The lowest BCUT2D eigenvalue weighted by Gasteiger charge is -2.14. The molecular weight excluding hydrogens is 394 g/mol. The fourth-order valence-corrected chi connectivity index (χ4v) is 3.31. The quantitative estimate of drug-likeness (QED) is 0.476. The minimum Gasteiger partial charge on any atom is -0.496 e. The van der Waals surface area contributed by atoms with Crippen LogP contribution in [0.3, 0.4) is 0 Å². The summed E-state index contributed by atoms with van der Waals surface area (Å²) in [6.07, 6.45) is 6.69. The van der Waals surface area contributed by atoms with E-state index >= 15 is 0 Å². The van der Waals surface area contributed by atoms with Gasteiger partial charge < -0.3 is 14.8 Å². The molecule has 4 aromatic heterocycles. The molecule has 2 N–H and O–H groups in total. The van der Waals surface area contributed by atoms with Crippen LogP contribution < -0.4 is 4.74 Å². The Morgan fingerprint density at radius 1 is 1.32 bits per heavy atom. The number of nitrogens with zero attached hydrogens (tertiary/aromatic N) is 6. The first kappa shape index (κ1) is 20.1. The van der Waals surface area contributed by atoms with Crippen molar-refractivity contribution in [2.45, 2.75) is 26.3 Å². The number of aromatic hydroxyl groups is 1. The summed E-state index contributed by atoms with van der Waals surface area (Å²) >= 11 is 0. The maximum Gasteiger partial charge on any atom is 0.198 e. The molecule has 9 heteroatoms. The number of nitrogens with one attached hydrogen (secondary N) is 1. The highest BCUT2D eigenvalue weighted by Gasteiger charge is 2.21. The average molecular weight is 415 g/mol. The highest BCUT2D eigenvalue weighted by Crippen LogP contribution is 2.33. The predicted octanol–water partition coefficient (Wildman–Crippen LogP) is 3.93. The molecule has 0 saturated carbocycles. The molecule has 31 heavy (non-hydrogen) atoms. The monoisotopic (exact) mass is 415 g/mol. The summed E-state index contributed by atoms with van der Waals surface area (Å²) in [5.74, 6) is 1.09. The van der Waals surface area contributed by atoms with Crippen molar-refractivity contribution >= 4 is 22.4 Å². The molecule has 9 nitrogen and oxygen atoms in total. The van der Waals surface area contributed by atoms with Gasteiger partial charge in [-0.2, -0.15) is 10.4 Å². The SMILES string of the molecule is COc1ccncc1-c1cc2c(C(C)=Nc3ccn(C(C)(C)C#N)n3)c(O)[nH]c2cn1. The van der Waals surface area contributed by atoms with Crippen LogP contribution in [0.2, 0.25) is 0 Å². The molecule has 0 aliphatic carbocycles. The second-order valence-electron chi connectivity index (χ2n) is 7.53. The molecule has 0 bridgehead atoms. The smallest absolute Gasteiger partial charge is 0.198 e. The van der Waals surface area contributed by atoms with Crippen molar-refractivity contribution in [2.75, 3.05) is 7.11 Å². The normalized spacial score (nSPS) is 12.2. The van der Waals surface area contributed by atoms with Crippen molar-refractivity contribution in [1.29, 1.82) is 5.26 Å². The second-order valence-corrected chi connectivity index (χ2v) is 7.53. The van der Waals surface area contributed by atoms with Gasteiger partial charge in [0.15, 0.2) is 11.7 Å². The van der Waals surface area contributed by atoms with Crippen LogP contribution in [-0.4, -0.2) is 42.7 Å². The molecule has 0 unspecified atom stereocenters. The van der Waals surface area contributed by atoms with Gasteiger partial charge in [-0.05, 0) is 32.9 Å². The van der Waals surface area contributed by atoms with E-state index in [0.29, 0.717) is 34.1 Å². The first-order chi connectivity index (χ1) is 14.8. The molecule has 0 atom stereocenters. The van der Waals surface area contributed by atoms with E-state index in [1.165, 1.54) is 0 Å². The molecule has 0 aliphatic rings. The van der Waals surface area contributed by atoms with Gasteiger partial charge in [0.1, 0.15) is 11.3 Å². The maximum atomic E-state index is 10.5. The lowest BCUT2D eigenvalue weighted by atomic mass is 10.1. The molecule has 156 valence electrons. The summed E-state index contributed by atoms with van der Waals surface area (Å²) in [7, 11) is 1.59. The van der Waals surface area contributed by atoms with Gasteiger partial charge in [-0.3, -0.25) is 14.6 Å². The van der Waals surface area contributed by atoms with E-state index in [2.05, 4.69) is 31.1 Å². The molecule has 0 aromatic carbocycles. The van der Waals surface area contributed by atoms with Crippen LogP contribution in [0.5, 0.6) is 11.6 Å². The fraction of sp³-hybridized carbons (Fsp3) is 0.227. The van der Waals surface area contributed by atoms with Crippen molar-refractivity contribution in [3.05, 3.63) is 48.5 Å². The number of fused-ring (bicyclic) bond motifs is 1. The van der Waals surface area contributed by atoms with Crippen LogP contribution in [0.4, 0.5) is 5.82 Å². The van der Waals surface area contributed by atoms with Crippen LogP contribution in [-0.2, 0) is 5.54 Å². The Bertz CT molecular complexity index is 1340. The van der Waals surface area contributed by atoms with Crippen LogP contribution in [0.15, 0.2) is 48.0 Å². The van der Waals surface area contributed by atoms with Crippen molar-refractivity contribution < 1.29 is 9.84 Å². The van der Waals surface area contributed by atoms with E-state index in [1.807, 2.05) is 6.07 Å². The minimum atomic E-state index is -0.784. The van der Waals surface area contributed by atoms with Crippen molar-refractivity contribution in [2.24, 2.45) is 4.99 Å². The van der Waals surface area contributed by atoms with Gasteiger partial charge in [0.25, 0.3) is 0 Å². The summed E-state index contributed by atoms with van der Waals surface area (Å²) in [6, 6.07) is 7.55. The number of aliphatic imine (C=N–C) groups is 1. The number of rotatable bonds is 5. The van der Waals surface area contributed by atoms with Crippen molar-refractivity contribution in [1.82, 2.24) is 24.7 Å². The van der Waals surface area contributed by atoms with Gasteiger partial charge in [-0.1, -0.05) is 0 Å². The number of hydrogen-bond acceptors (Lipinski definition) is 7. The second kappa shape index (κ2) is 7.57. The molecule has 0 saturated heterocycles. The molecule has 0 fully saturated rings. The van der Waals surface area contributed by atoms with E-state index in [-0.39, 0.29) is 5.88 Å². The third-order valence-corrected chi connectivity index (χ3v) is 5.01. The van der Waals surface area contributed by atoms with Crippen LogP contribution >= 0.6 is 0 Å². The Balaban J connectivity index is 1.80. The summed E-state index contributed by atoms with van der Waals surface area (Å²) in [4.78, 5) is 16.1. The number of H-pyrrole nitrogens is 1. The first-order valence-corrected chi connectivity index (χ1v) is 9.56. The number of hydrogen-bond donors (Lipinski definition) is 2. The largest absolute Gasteiger partial charge is 0.496 e. The third-order valence-electron chi connectivity index (χ3n) is 5.01. The molecule has 0 aliphatic heterocycles. The van der Waals surface area contributed by atoms with E-state index < -0.39 is 5.54 Å². The highest BCUT2D eigenvalue weighted by atomic mass is 16.5. The first-order valence-electron chi connectivity index (χ1n) is 9.56. The number of aromatic nitrogens is 5. The third kappa shape index (κ3) is 3.59. The summed E-state index contributed by atoms with van der Waals surface area (Å²) in [5, 5.41) is 25.0. The van der Waals surface area contributed by atoms with Crippen molar-refractivity contribution in [3.63, 3.8) is 0 Å². The van der Waals surface area contributed by atoms with Gasteiger partial charge in [0.2, 0.25) is 0 Å². The van der Waals surface area contributed by atoms with Crippen LogP contribution in [0.1, 0.15) is 26.3 Å². The van der Waals surface area contributed by atoms with Crippen molar-refractivity contribution in [3.8, 4) is 29.0 Å². The van der Waals surface area contributed by atoms with Crippen LogP contribution in [0, 0.1) is 11.3 Å². The Hall–Kier alpha value is -4.19. The number of pyridine rings is 2. The van der Waals surface area contributed by atoms with Gasteiger partial charge in [-0.15, -0.1) is 0 Å². The van der Waals surface area contributed by atoms with E-state index in [4.69, 9.17) is 4.74 Å². The zero-order valence-electron chi connectivity index (χ0n) is 17.6. The van der Waals surface area contributed by atoms with Crippen LogP contribution in [0.25, 0.3) is 22.2 Å². The van der Waals surface area contributed by atoms with E-state index in [1.54, 1.807) is 69.5 Å². The molecule has 0 amide bonds. The Morgan fingerprint density at radius 2 is 2.13 bits per heavy atom. The molecule has 4 aromatic rings. The molecule has 4 heterocycles. The number of methoxy groups -OCH3 is 1. The Morgan fingerprint density at radius 3 is 2.87 bits per heavy atom. The standard InChI is InChI=1S/C22H21N7O2/c1-13(26-19-6-8-29(28-19)22(2,3)12-23)20-14-9-16(25-11-17(14)27-21(20)30)15-10-24-7-5-18(15)31-4/h5-11,27,30H,1-4H3. The topological polar surface area (TPSA) is 125 Å². The highest BCUT2D eigenvalue weighted by molar-refractivity contribution is 6.13. The summed E-state index contributed by atoms with van der Waals surface area (Å²) < 4.78 is 6.98. The fourth-order valence-electron chi connectivity index (χ4n) is 3.31. The number of ether oxygens (including phenoxy) is 1.